The van der Waals surface area contributed by atoms with Gasteiger partial charge in [0, 0.05) is 22.8 Å². The second-order valence-corrected chi connectivity index (χ2v) is 5.35. The summed E-state index contributed by atoms with van der Waals surface area (Å²) < 4.78 is 0. The average molecular weight is 282 g/mol. The average Bonchev–Trinajstić information content (AvgIpc) is 2.87. The van der Waals surface area contributed by atoms with E-state index in [2.05, 4.69) is 34.3 Å². The topological polar surface area (TPSA) is 63.8 Å². The maximum absolute atomic E-state index is 5.92. The number of aryl methyl sites for hydroxylation is 1. The molecule has 2 heterocycles. The SMILES string of the molecule is Cc1cccc(Nc2nc(-c3ccncc3N)cs2)c1. The van der Waals surface area contributed by atoms with Gasteiger partial charge in [-0.15, -0.1) is 11.3 Å². The fourth-order valence-corrected chi connectivity index (χ4v) is 2.67. The number of benzene rings is 1. The van der Waals surface area contributed by atoms with Crippen LogP contribution >= 0.6 is 11.3 Å². The zero-order chi connectivity index (χ0) is 13.9. The lowest BCUT2D eigenvalue weighted by Crippen LogP contribution is -1.92. The van der Waals surface area contributed by atoms with Gasteiger partial charge in [-0.1, -0.05) is 12.1 Å². The van der Waals surface area contributed by atoms with Gasteiger partial charge in [-0.25, -0.2) is 4.98 Å². The van der Waals surface area contributed by atoms with Crippen molar-refractivity contribution in [1.82, 2.24) is 9.97 Å². The van der Waals surface area contributed by atoms with E-state index in [1.165, 1.54) is 5.56 Å². The molecule has 3 aromatic rings. The van der Waals surface area contributed by atoms with E-state index >= 15 is 0 Å². The number of thiazole rings is 1. The molecule has 1 aromatic carbocycles. The normalized spacial score (nSPS) is 10.4. The number of pyridine rings is 1. The summed E-state index contributed by atoms with van der Waals surface area (Å²) >= 11 is 1.56. The number of nitrogens with one attached hydrogen (secondary N) is 1. The number of hydrogen-bond donors (Lipinski definition) is 2. The second kappa shape index (κ2) is 5.30. The molecule has 0 saturated heterocycles. The van der Waals surface area contributed by atoms with Crippen LogP contribution in [0, 0.1) is 6.92 Å². The molecule has 0 atom stereocenters. The predicted octanol–water partition coefficient (Wildman–Crippen LogP) is 3.84. The van der Waals surface area contributed by atoms with Gasteiger partial charge >= 0.3 is 0 Å². The summed E-state index contributed by atoms with van der Waals surface area (Å²) in [6.07, 6.45) is 3.36. The number of rotatable bonds is 3. The molecule has 2 aromatic heterocycles. The molecule has 0 unspecified atom stereocenters. The van der Waals surface area contributed by atoms with E-state index in [9.17, 15) is 0 Å². The second-order valence-electron chi connectivity index (χ2n) is 4.50. The third kappa shape index (κ3) is 2.62. The molecular weight excluding hydrogens is 268 g/mol. The van der Waals surface area contributed by atoms with Crippen molar-refractivity contribution in [2.45, 2.75) is 6.92 Å². The van der Waals surface area contributed by atoms with Crippen LogP contribution in [0.15, 0.2) is 48.1 Å². The summed E-state index contributed by atoms with van der Waals surface area (Å²) in [6, 6.07) is 10.1. The van der Waals surface area contributed by atoms with Crippen molar-refractivity contribution < 1.29 is 0 Å². The van der Waals surface area contributed by atoms with Crippen molar-refractivity contribution in [2.24, 2.45) is 0 Å². The molecule has 3 rings (SSSR count). The molecule has 0 amide bonds. The lowest BCUT2D eigenvalue weighted by molar-refractivity contribution is 1.31. The fourth-order valence-electron chi connectivity index (χ4n) is 1.94. The van der Waals surface area contributed by atoms with Crippen LogP contribution in [0.25, 0.3) is 11.3 Å². The van der Waals surface area contributed by atoms with Gasteiger partial charge in [-0.05, 0) is 30.7 Å². The van der Waals surface area contributed by atoms with Crippen LogP contribution < -0.4 is 11.1 Å². The molecule has 0 fully saturated rings. The molecule has 5 heteroatoms. The first-order valence-corrected chi connectivity index (χ1v) is 7.09. The van der Waals surface area contributed by atoms with E-state index in [-0.39, 0.29) is 0 Å². The Kier molecular flexibility index (Phi) is 3.35. The minimum Gasteiger partial charge on any atom is -0.397 e. The Bertz CT molecular complexity index is 736. The lowest BCUT2D eigenvalue weighted by Gasteiger charge is -2.03. The van der Waals surface area contributed by atoms with E-state index < -0.39 is 0 Å². The summed E-state index contributed by atoms with van der Waals surface area (Å²) in [7, 11) is 0. The van der Waals surface area contributed by atoms with Gasteiger partial charge in [-0.2, -0.15) is 0 Å². The van der Waals surface area contributed by atoms with Crippen LogP contribution in [0.4, 0.5) is 16.5 Å². The van der Waals surface area contributed by atoms with Crippen LogP contribution in [-0.4, -0.2) is 9.97 Å². The number of nitrogen functional groups attached to an aromatic ring is 1. The van der Waals surface area contributed by atoms with E-state index in [1.54, 1.807) is 23.7 Å². The number of nitrogens with zero attached hydrogens (tertiary/aromatic N) is 2. The highest BCUT2D eigenvalue weighted by Gasteiger charge is 2.07. The zero-order valence-corrected chi connectivity index (χ0v) is 11.8. The standard InChI is InChI=1S/C15H14N4S/c1-10-3-2-4-11(7-10)18-15-19-14(9-20-15)12-5-6-17-8-13(12)16/h2-9H,16H2,1H3,(H,18,19). The Balaban J connectivity index is 1.86. The number of anilines is 3. The maximum Gasteiger partial charge on any atom is 0.187 e. The van der Waals surface area contributed by atoms with Gasteiger partial charge in [0.2, 0.25) is 0 Å². The molecule has 0 aliphatic heterocycles. The van der Waals surface area contributed by atoms with E-state index in [0.717, 1.165) is 22.1 Å². The third-order valence-corrected chi connectivity index (χ3v) is 3.66. The summed E-state index contributed by atoms with van der Waals surface area (Å²) in [5.74, 6) is 0. The van der Waals surface area contributed by atoms with E-state index in [4.69, 9.17) is 5.73 Å². The molecule has 0 aliphatic rings. The molecule has 20 heavy (non-hydrogen) atoms. The first-order valence-electron chi connectivity index (χ1n) is 6.21. The van der Waals surface area contributed by atoms with Gasteiger partial charge in [0.05, 0.1) is 17.6 Å². The van der Waals surface area contributed by atoms with Crippen molar-refractivity contribution in [3.05, 3.63) is 53.7 Å². The molecule has 0 aliphatic carbocycles. The Morgan fingerprint density at radius 3 is 2.95 bits per heavy atom. The van der Waals surface area contributed by atoms with Gasteiger partial charge in [-0.3, -0.25) is 4.98 Å². The van der Waals surface area contributed by atoms with Crippen molar-refractivity contribution in [3.8, 4) is 11.3 Å². The van der Waals surface area contributed by atoms with Crippen molar-refractivity contribution >= 4 is 27.8 Å². The Morgan fingerprint density at radius 1 is 1.25 bits per heavy atom. The maximum atomic E-state index is 5.92. The smallest absolute Gasteiger partial charge is 0.187 e. The molecular formula is C15H14N4S. The number of nitrogens with two attached hydrogens (primary N) is 1. The molecule has 4 nitrogen and oxygen atoms in total. The molecule has 100 valence electrons. The van der Waals surface area contributed by atoms with Crippen LogP contribution in [0.5, 0.6) is 0 Å². The summed E-state index contributed by atoms with van der Waals surface area (Å²) in [4.78, 5) is 8.56. The van der Waals surface area contributed by atoms with Gasteiger partial charge in [0.25, 0.3) is 0 Å². The first kappa shape index (κ1) is 12.6. The van der Waals surface area contributed by atoms with Crippen LogP contribution in [0.3, 0.4) is 0 Å². The van der Waals surface area contributed by atoms with Crippen molar-refractivity contribution in [1.29, 1.82) is 0 Å². The van der Waals surface area contributed by atoms with Crippen molar-refractivity contribution in [2.75, 3.05) is 11.1 Å². The summed E-state index contributed by atoms with van der Waals surface area (Å²) in [6.45, 7) is 2.07. The summed E-state index contributed by atoms with van der Waals surface area (Å²) in [5, 5.41) is 6.14. The van der Waals surface area contributed by atoms with Gasteiger partial charge in [0.15, 0.2) is 5.13 Å². The highest BCUT2D eigenvalue weighted by atomic mass is 32.1. The third-order valence-electron chi connectivity index (χ3n) is 2.90. The minimum absolute atomic E-state index is 0.639. The highest BCUT2D eigenvalue weighted by molar-refractivity contribution is 7.14. The monoisotopic (exact) mass is 282 g/mol. The highest BCUT2D eigenvalue weighted by Crippen LogP contribution is 2.29. The largest absolute Gasteiger partial charge is 0.397 e. The van der Waals surface area contributed by atoms with E-state index in [1.807, 2.05) is 23.6 Å². The summed E-state index contributed by atoms with van der Waals surface area (Å²) in [5.41, 5.74) is 10.6. The van der Waals surface area contributed by atoms with Gasteiger partial charge in [0.1, 0.15) is 0 Å². The number of hydrogen-bond acceptors (Lipinski definition) is 5. The molecule has 0 spiro atoms. The zero-order valence-electron chi connectivity index (χ0n) is 11.0. The van der Waals surface area contributed by atoms with E-state index in [0.29, 0.717) is 5.69 Å². The predicted molar refractivity (Wildman–Crippen MR) is 84.2 cm³/mol. The lowest BCUT2D eigenvalue weighted by atomic mass is 10.2. The number of aromatic nitrogens is 2. The van der Waals surface area contributed by atoms with Crippen molar-refractivity contribution in [3.63, 3.8) is 0 Å². The Labute approximate surface area is 121 Å². The Morgan fingerprint density at radius 2 is 2.15 bits per heavy atom. The molecule has 0 bridgehead atoms. The van der Waals surface area contributed by atoms with Crippen LogP contribution in [0.2, 0.25) is 0 Å². The molecule has 0 saturated carbocycles. The fraction of sp³-hybridized carbons (Fsp3) is 0.0667. The Hall–Kier alpha value is -2.40. The molecule has 0 radical (unpaired) electrons. The van der Waals surface area contributed by atoms with Crippen LogP contribution in [-0.2, 0) is 0 Å². The molecule has 3 N–H and O–H groups in total. The minimum atomic E-state index is 0.639. The van der Waals surface area contributed by atoms with Crippen LogP contribution in [0.1, 0.15) is 5.56 Å². The quantitative estimate of drug-likeness (QED) is 0.766. The van der Waals surface area contributed by atoms with Gasteiger partial charge < -0.3 is 11.1 Å². The first-order chi connectivity index (χ1) is 9.72.